The second-order valence-electron chi connectivity index (χ2n) is 5.78. The number of benzene rings is 1. The van der Waals surface area contributed by atoms with Crippen LogP contribution in [-0.2, 0) is 12.8 Å². The van der Waals surface area contributed by atoms with Gasteiger partial charge in [0.1, 0.15) is 0 Å². The smallest absolute Gasteiger partial charge is 0.305 e. The predicted octanol–water partition coefficient (Wildman–Crippen LogP) is 5.50. The van der Waals surface area contributed by atoms with Crippen molar-refractivity contribution in [2.75, 3.05) is 0 Å². The highest BCUT2D eigenvalue weighted by Crippen LogP contribution is 2.37. The number of fused-ring (bicyclic) bond motifs is 2. The molecule has 0 radical (unpaired) electrons. The van der Waals surface area contributed by atoms with Gasteiger partial charge in [0, 0.05) is 14.7 Å². The molecule has 0 saturated carbocycles. The van der Waals surface area contributed by atoms with E-state index in [0.29, 0.717) is 10.3 Å². The molecule has 2 heterocycles. The van der Waals surface area contributed by atoms with Crippen molar-refractivity contribution < 1.29 is 9.90 Å². The van der Waals surface area contributed by atoms with Crippen LogP contribution in [0.2, 0.25) is 0 Å². The van der Waals surface area contributed by atoms with E-state index in [9.17, 15) is 9.90 Å². The minimum Gasteiger partial charge on any atom is -0.493 e. The number of amides is 1. The number of thiophene rings is 1. The molecule has 0 bridgehead atoms. The van der Waals surface area contributed by atoms with E-state index in [-0.39, 0.29) is 17.5 Å². The lowest BCUT2D eigenvalue weighted by Crippen LogP contribution is -1.96. The maximum absolute atomic E-state index is 12.3. The number of halogens is 1. The van der Waals surface area contributed by atoms with Crippen molar-refractivity contribution in [2.24, 2.45) is 10.2 Å². The van der Waals surface area contributed by atoms with Gasteiger partial charge in [0.2, 0.25) is 5.88 Å². The Kier molecular flexibility index (Phi) is 3.97. The van der Waals surface area contributed by atoms with E-state index in [1.165, 1.54) is 34.6 Å². The summed E-state index contributed by atoms with van der Waals surface area (Å²) in [5, 5.41) is 18.5. The zero-order valence-corrected chi connectivity index (χ0v) is 15.1. The number of nitrogens with one attached hydrogen (secondary N) is 1. The number of hydrogen-bond donors (Lipinski definition) is 2. The van der Waals surface area contributed by atoms with Crippen LogP contribution in [0.3, 0.4) is 0 Å². The van der Waals surface area contributed by atoms with Gasteiger partial charge >= 0.3 is 5.91 Å². The molecule has 1 aromatic carbocycles. The highest BCUT2D eigenvalue weighted by atomic mass is 79.9. The molecule has 24 heavy (non-hydrogen) atoms. The van der Waals surface area contributed by atoms with Crippen LogP contribution in [0.4, 0.5) is 5.69 Å². The van der Waals surface area contributed by atoms with Gasteiger partial charge in [-0.15, -0.1) is 21.6 Å². The first-order valence-electron chi connectivity index (χ1n) is 7.69. The highest BCUT2D eigenvalue weighted by molar-refractivity contribution is 9.10. The first-order valence-corrected chi connectivity index (χ1v) is 9.30. The van der Waals surface area contributed by atoms with E-state index >= 15 is 0 Å². The first kappa shape index (κ1) is 15.5. The first-order chi connectivity index (χ1) is 11.6. The molecule has 1 amide bonds. The summed E-state index contributed by atoms with van der Waals surface area (Å²) in [5.41, 5.74) is 2.29. The molecule has 1 aliphatic rings. The Hall–Kier alpha value is -1.99. The Bertz CT molecular complexity index is 950. The van der Waals surface area contributed by atoms with E-state index in [4.69, 9.17) is 0 Å². The predicted molar refractivity (Wildman–Crippen MR) is 97.5 cm³/mol. The van der Waals surface area contributed by atoms with Crippen molar-refractivity contribution in [2.45, 2.75) is 25.7 Å². The molecule has 2 aromatic heterocycles. The van der Waals surface area contributed by atoms with E-state index in [0.717, 1.165) is 22.8 Å². The fraction of sp³-hybridized carbons (Fsp3) is 0.235. The Morgan fingerprint density at radius 1 is 1.25 bits per heavy atom. The van der Waals surface area contributed by atoms with Gasteiger partial charge in [0.05, 0.1) is 10.4 Å². The number of azo groups is 1. The molecule has 3 aromatic rings. The van der Waals surface area contributed by atoms with E-state index < -0.39 is 0 Å². The summed E-state index contributed by atoms with van der Waals surface area (Å²) in [4.78, 5) is 17.1. The van der Waals surface area contributed by atoms with E-state index in [1.807, 2.05) is 24.3 Å². The number of carbonyl (C=O) groups excluding carboxylic acids is 1. The molecule has 122 valence electrons. The van der Waals surface area contributed by atoms with Crippen molar-refractivity contribution >= 4 is 49.8 Å². The minimum atomic E-state index is -0.363. The second kappa shape index (κ2) is 6.14. The zero-order valence-electron chi connectivity index (χ0n) is 12.7. The van der Waals surface area contributed by atoms with Gasteiger partial charge in [0.15, 0.2) is 5.69 Å². The highest BCUT2D eigenvalue weighted by Gasteiger charge is 2.17. The zero-order chi connectivity index (χ0) is 16.7. The number of aryl methyl sites for hydroxylation is 2. The van der Waals surface area contributed by atoms with Crippen molar-refractivity contribution in [1.29, 1.82) is 0 Å². The molecule has 2 N–H and O–H groups in total. The van der Waals surface area contributed by atoms with Crippen LogP contribution in [-0.4, -0.2) is 16.0 Å². The van der Waals surface area contributed by atoms with Crippen molar-refractivity contribution in [1.82, 2.24) is 4.98 Å². The quantitative estimate of drug-likeness (QED) is 0.553. The minimum absolute atomic E-state index is 0.0925. The van der Waals surface area contributed by atoms with E-state index in [1.54, 1.807) is 0 Å². The van der Waals surface area contributed by atoms with Gasteiger partial charge in [-0.05, 0) is 55.5 Å². The lowest BCUT2D eigenvalue weighted by atomic mass is 9.99. The summed E-state index contributed by atoms with van der Waals surface area (Å²) in [6.07, 6.45) is 4.44. The number of aromatic hydroxyl groups is 1. The largest absolute Gasteiger partial charge is 0.493 e. The average molecular weight is 404 g/mol. The number of aromatic nitrogens is 1. The van der Waals surface area contributed by atoms with Gasteiger partial charge in [-0.1, -0.05) is 15.9 Å². The Labute approximate surface area is 150 Å². The topological polar surface area (TPSA) is 77.8 Å². The van der Waals surface area contributed by atoms with Gasteiger partial charge in [-0.25, -0.2) is 0 Å². The van der Waals surface area contributed by atoms with Crippen LogP contribution < -0.4 is 0 Å². The summed E-state index contributed by atoms with van der Waals surface area (Å²) in [5.74, 6) is -0.455. The van der Waals surface area contributed by atoms with Crippen LogP contribution in [0.25, 0.3) is 10.9 Å². The molecular weight excluding hydrogens is 390 g/mol. The van der Waals surface area contributed by atoms with Crippen LogP contribution in [0, 0.1) is 0 Å². The number of rotatable bonds is 2. The maximum atomic E-state index is 12.3. The standard InChI is InChI=1S/C17H14BrN3O2S/c18-10-5-6-12-11(8-10)15(17(23)19-12)20-21-16(22)14-7-9-3-1-2-4-13(9)24-14/h5-8,19,23H,1-4H2. The fourth-order valence-electron chi connectivity index (χ4n) is 2.98. The lowest BCUT2D eigenvalue weighted by Gasteiger charge is -2.08. The summed E-state index contributed by atoms with van der Waals surface area (Å²) in [6, 6.07) is 7.45. The van der Waals surface area contributed by atoms with Gasteiger partial charge in [-0.3, -0.25) is 4.79 Å². The fourth-order valence-corrected chi connectivity index (χ4v) is 4.47. The van der Waals surface area contributed by atoms with Crippen LogP contribution in [0.5, 0.6) is 5.88 Å². The number of hydrogen-bond acceptors (Lipinski definition) is 4. The number of H-pyrrole nitrogens is 1. The van der Waals surface area contributed by atoms with E-state index in [2.05, 4.69) is 31.1 Å². The third-order valence-corrected chi connectivity index (χ3v) is 5.88. The monoisotopic (exact) mass is 403 g/mol. The van der Waals surface area contributed by atoms with Crippen molar-refractivity contribution in [3.8, 4) is 5.88 Å². The van der Waals surface area contributed by atoms with Gasteiger partial charge in [0.25, 0.3) is 0 Å². The lowest BCUT2D eigenvalue weighted by molar-refractivity contribution is 0.0999. The third-order valence-electron chi connectivity index (χ3n) is 4.16. The van der Waals surface area contributed by atoms with Crippen LogP contribution in [0.15, 0.2) is 39.0 Å². The van der Waals surface area contributed by atoms with Crippen molar-refractivity contribution in [3.05, 3.63) is 44.1 Å². The van der Waals surface area contributed by atoms with Gasteiger partial charge < -0.3 is 10.1 Å². The molecule has 7 heteroatoms. The Morgan fingerprint density at radius 2 is 2.08 bits per heavy atom. The molecule has 0 aliphatic heterocycles. The maximum Gasteiger partial charge on any atom is 0.305 e. The second-order valence-corrected chi connectivity index (χ2v) is 7.84. The summed E-state index contributed by atoms with van der Waals surface area (Å²) >= 11 is 4.90. The molecule has 0 saturated heterocycles. The summed E-state index contributed by atoms with van der Waals surface area (Å²) in [7, 11) is 0. The Balaban J connectivity index is 1.65. The summed E-state index contributed by atoms with van der Waals surface area (Å²) in [6.45, 7) is 0. The Morgan fingerprint density at radius 3 is 2.92 bits per heavy atom. The molecule has 5 nitrogen and oxygen atoms in total. The summed E-state index contributed by atoms with van der Waals surface area (Å²) < 4.78 is 0.864. The number of carbonyl (C=O) groups is 1. The van der Waals surface area contributed by atoms with Crippen LogP contribution >= 0.6 is 27.3 Å². The average Bonchev–Trinajstić information content (AvgIpc) is 3.13. The van der Waals surface area contributed by atoms with Crippen molar-refractivity contribution in [3.63, 3.8) is 0 Å². The number of nitrogens with zero attached hydrogens (tertiary/aromatic N) is 2. The van der Waals surface area contributed by atoms with Crippen LogP contribution in [0.1, 0.15) is 33.0 Å². The normalized spacial score (nSPS) is 14.4. The molecule has 0 unspecified atom stereocenters. The molecular formula is C17H14BrN3O2S. The molecule has 0 atom stereocenters. The molecule has 0 fully saturated rings. The molecule has 0 spiro atoms. The SMILES string of the molecule is O=C(N=Nc1c(O)[nH]c2ccc(Br)cc12)c1cc2c(s1)CCCC2. The molecule has 4 rings (SSSR count). The third kappa shape index (κ3) is 2.78. The van der Waals surface area contributed by atoms with Gasteiger partial charge in [-0.2, -0.15) is 0 Å². The molecule has 1 aliphatic carbocycles. The number of aromatic amines is 1.